The van der Waals surface area contributed by atoms with Crippen LogP contribution in [0.3, 0.4) is 0 Å². The summed E-state index contributed by atoms with van der Waals surface area (Å²) in [5.74, 6) is 1.01. The Balaban J connectivity index is 1.84. The predicted octanol–water partition coefficient (Wildman–Crippen LogP) is 4.55. The van der Waals surface area contributed by atoms with Crippen LogP contribution in [-0.2, 0) is 0 Å². The Morgan fingerprint density at radius 1 is 1.05 bits per heavy atom. The van der Waals surface area contributed by atoms with Gasteiger partial charge in [-0.15, -0.1) is 0 Å². The molecule has 0 spiro atoms. The third-order valence-electron chi connectivity index (χ3n) is 3.96. The lowest BCUT2D eigenvalue weighted by atomic mass is 10.1. The van der Waals surface area contributed by atoms with Gasteiger partial charge in [0.2, 0.25) is 0 Å². The van der Waals surface area contributed by atoms with Crippen LogP contribution in [0, 0.1) is 6.92 Å². The molecule has 3 nitrogen and oxygen atoms in total. The van der Waals surface area contributed by atoms with E-state index >= 15 is 0 Å². The van der Waals surface area contributed by atoms with Crippen molar-refractivity contribution in [1.82, 2.24) is 10.3 Å². The number of hydrogen-bond acceptors (Lipinski definition) is 3. The summed E-state index contributed by atoms with van der Waals surface area (Å²) in [6, 6.07) is 12.6. The van der Waals surface area contributed by atoms with Gasteiger partial charge >= 0.3 is 0 Å². The number of nitrogens with one attached hydrogen (secondary N) is 1. The van der Waals surface area contributed by atoms with Gasteiger partial charge < -0.3 is 9.73 Å². The minimum Gasteiger partial charge on any atom is -0.459 e. The van der Waals surface area contributed by atoms with Crippen molar-refractivity contribution in [3.63, 3.8) is 0 Å². The van der Waals surface area contributed by atoms with E-state index < -0.39 is 0 Å². The summed E-state index contributed by atoms with van der Waals surface area (Å²) in [6.07, 6.45) is 3.69. The first-order chi connectivity index (χ1) is 10.2. The maximum absolute atomic E-state index is 6.02. The van der Waals surface area contributed by atoms with E-state index in [1.807, 2.05) is 30.5 Å². The maximum atomic E-state index is 6.02. The fourth-order valence-corrected chi connectivity index (χ4v) is 2.79. The van der Waals surface area contributed by atoms with Crippen molar-refractivity contribution >= 4 is 11.0 Å². The highest BCUT2D eigenvalue weighted by Crippen LogP contribution is 2.30. The number of furan rings is 1. The van der Waals surface area contributed by atoms with Crippen LogP contribution >= 0.6 is 0 Å². The summed E-state index contributed by atoms with van der Waals surface area (Å²) in [5, 5.41) is 4.77. The minimum absolute atomic E-state index is 0.146. The zero-order chi connectivity index (χ0) is 14.8. The molecule has 21 heavy (non-hydrogen) atoms. The summed E-state index contributed by atoms with van der Waals surface area (Å²) in [6.45, 7) is 6.40. The molecule has 0 amide bonds. The van der Waals surface area contributed by atoms with Crippen molar-refractivity contribution in [2.45, 2.75) is 32.9 Å². The first-order valence-corrected chi connectivity index (χ1v) is 7.31. The first kappa shape index (κ1) is 13.8. The van der Waals surface area contributed by atoms with Crippen molar-refractivity contribution in [1.29, 1.82) is 0 Å². The molecule has 1 unspecified atom stereocenters. The Morgan fingerprint density at radius 2 is 1.86 bits per heavy atom. The van der Waals surface area contributed by atoms with Gasteiger partial charge in [0.05, 0.1) is 6.04 Å². The smallest absolute Gasteiger partial charge is 0.134 e. The van der Waals surface area contributed by atoms with Crippen LogP contribution in [0.25, 0.3) is 11.0 Å². The monoisotopic (exact) mass is 280 g/mol. The highest BCUT2D eigenvalue weighted by Gasteiger charge is 2.18. The van der Waals surface area contributed by atoms with Crippen LogP contribution in [0.5, 0.6) is 0 Å². The van der Waals surface area contributed by atoms with E-state index in [9.17, 15) is 0 Å². The molecule has 0 saturated carbocycles. The number of aromatic nitrogens is 1. The average Bonchev–Trinajstić information content (AvgIpc) is 2.86. The molecule has 0 radical (unpaired) electrons. The number of pyridine rings is 1. The van der Waals surface area contributed by atoms with Gasteiger partial charge in [-0.3, -0.25) is 4.98 Å². The number of aryl methyl sites for hydroxylation is 1. The summed E-state index contributed by atoms with van der Waals surface area (Å²) in [5.41, 5.74) is 3.34. The van der Waals surface area contributed by atoms with Gasteiger partial charge in [0.25, 0.3) is 0 Å². The zero-order valence-corrected chi connectivity index (χ0v) is 12.6. The van der Waals surface area contributed by atoms with Crippen molar-refractivity contribution in [2.75, 3.05) is 0 Å². The molecule has 0 aliphatic heterocycles. The van der Waals surface area contributed by atoms with E-state index in [4.69, 9.17) is 4.42 Å². The number of para-hydroxylation sites is 1. The lowest BCUT2D eigenvalue weighted by molar-refractivity contribution is 0.414. The van der Waals surface area contributed by atoms with Crippen LogP contribution in [0.2, 0.25) is 0 Å². The Bertz CT molecular complexity index is 733. The van der Waals surface area contributed by atoms with Crippen LogP contribution < -0.4 is 5.32 Å². The molecule has 1 N–H and O–H groups in total. The van der Waals surface area contributed by atoms with Crippen molar-refractivity contribution < 1.29 is 4.42 Å². The van der Waals surface area contributed by atoms with Crippen molar-refractivity contribution in [2.24, 2.45) is 0 Å². The third kappa shape index (κ3) is 2.69. The highest BCUT2D eigenvalue weighted by molar-refractivity contribution is 5.82. The van der Waals surface area contributed by atoms with Gasteiger partial charge in [-0.05, 0) is 44.0 Å². The van der Waals surface area contributed by atoms with Gasteiger partial charge in [-0.1, -0.05) is 24.3 Å². The standard InChI is InChI=1S/C18H20N2O/c1-12-16-8-4-5-9-17(16)21-18(12)14(3)20-13(2)15-7-6-10-19-11-15/h4-11,13-14,20H,1-3H3/t13-,14?/m0/s1. The average molecular weight is 280 g/mol. The topological polar surface area (TPSA) is 38.1 Å². The Morgan fingerprint density at radius 3 is 2.57 bits per heavy atom. The zero-order valence-electron chi connectivity index (χ0n) is 12.6. The largest absolute Gasteiger partial charge is 0.459 e. The minimum atomic E-state index is 0.146. The number of rotatable bonds is 4. The molecule has 0 aliphatic rings. The molecule has 0 fully saturated rings. The number of hydrogen-bond donors (Lipinski definition) is 1. The molecule has 2 atom stereocenters. The van der Waals surface area contributed by atoms with Crippen molar-refractivity contribution in [3.05, 3.63) is 65.7 Å². The summed E-state index contributed by atoms with van der Waals surface area (Å²) in [4.78, 5) is 4.17. The molecule has 3 rings (SSSR count). The first-order valence-electron chi connectivity index (χ1n) is 7.31. The van der Waals surface area contributed by atoms with Crippen LogP contribution in [0.4, 0.5) is 0 Å². The molecule has 108 valence electrons. The molecule has 0 bridgehead atoms. The van der Waals surface area contributed by atoms with E-state index in [0.29, 0.717) is 0 Å². The Hall–Kier alpha value is -2.13. The summed E-state index contributed by atoms with van der Waals surface area (Å²) in [7, 11) is 0. The maximum Gasteiger partial charge on any atom is 0.134 e. The molecule has 0 aliphatic carbocycles. The molecule has 2 aromatic heterocycles. The van der Waals surface area contributed by atoms with Crippen molar-refractivity contribution in [3.8, 4) is 0 Å². The van der Waals surface area contributed by atoms with E-state index in [1.165, 1.54) is 16.5 Å². The Labute approximate surface area is 125 Å². The second kappa shape index (κ2) is 5.70. The predicted molar refractivity (Wildman–Crippen MR) is 85.2 cm³/mol. The molecule has 3 aromatic rings. The lowest BCUT2D eigenvalue weighted by Gasteiger charge is -2.19. The van der Waals surface area contributed by atoms with E-state index in [0.717, 1.165) is 11.3 Å². The van der Waals surface area contributed by atoms with Gasteiger partial charge in [0.15, 0.2) is 0 Å². The molecular weight excluding hydrogens is 260 g/mol. The summed E-state index contributed by atoms with van der Waals surface area (Å²) >= 11 is 0. The highest BCUT2D eigenvalue weighted by atomic mass is 16.3. The van der Waals surface area contributed by atoms with E-state index in [-0.39, 0.29) is 12.1 Å². The Kier molecular flexibility index (Phi) is 3.76. The second-order valence-electron chi connectivity index (χ2n) is 5.48. The molecule has 2 heterocycles. The summed E-state index contributed by atoms with van der Waals surface area (Å²) < 4.78 is 6.02. The van der Waals surface area contributed by atoms with E-state index in [1.54, 1.807) is 6.20 Å². The van der Waals surface area contributed by atoms with Gasteiger partial charge in [-0.25, -0.2) is 0 Å². The third-order valence-corrected chi connectivity index (χ3v) is 3.96. The molecule has 3 heteroatoms. The molecular formula is C18H20N2O. The molecule has 1 aromatic carbocycles. The van der Waals surface area contributed by atoms with Gasteiger partial charge in [-0.2, -0.15) is 0 Å². The lowest BCUT2D eigenvalue weighted by Crippen LogP contribution is -2.22. The fraction of sp³-hybridized carbons (Fsp3) is 0.278. The number of nitrogens with zero attached hydrogens (tertiary/aromatic N) is 1. The second-order valence-corrected chi connectivity index (χ2v) is 5.48. The fourth-order valence-electron chi connectivity index (χ4n) is 2.79. The number of fused-ring (bicyclic) bond motifs is 1. The number of benzene rings is 1. The normalized spacial score (nSPS) is 14.2. The van der Waals surface area contributed by atoms with Gasteiger partial charge in [0.1, 0.15) is 11.3 Å². The van der Waals surface area contributed by atoms with Crippen LogP contribution in [0.15, 0.2) is 53.2 Å². The SMILES string of the molecule is Cc1c(C(C)N[C@@H](C)c2cccnc2)oc2ccccc12. The van der Waals surface area contributed by atoms with Gasteiger partial charge in [0, 0.05) is 23.8 Å². The quantitative estimate of drug-likeness (QED) is 0.762. The molecule has 0 saturated heterocycles. The van der Waals surface area contributed by atoms with Crippen LogP contribution in [-0.4, -0.2) is 4.98 Å². The van der Waals surface area contributed by atoms with E-state index in [2.05, 4.69) is 43.2 Å². The van der Waals surface area contributed by atoms with Crippen LogP contribution in [0.1, 0.15) is 42.8 Å².